The van der Waals surface area contributed by atoms with Crippen LogP contribution >= 0.6 is 15.9 Å². The SMILES string of the molecule is Cc1ccc(N2C(N)=NCC2(C)c2ccc(Br)cc2)cc1. The van der Waals surface area contributed by atoms with Gasteiger partial charge < -0.3 is 10.6 Å². The second-order valence-electron chi connectivity index (χ2n) is 5.63. The number of nitrogens with two attached hydrogens (primary N) is 1. The van der Waals surface area contributed by atoms with E-state index in [4.69, 9.17) is 5.73 Å². The zero-order chi connectivity index (χ0) is 15.0. The highest BCUT2D eigenvalue weighted by Gasteiger charge is 2.40. The molecule has 0 saturated heterocycles. The minimum atomic E-state index is -0.250. The molecule has 2 aromatic rings. The molecule has 108 valence electrons. The van der Waals surface area contributed by atoms with Gasteiger partial charge in [-0.25, -0.2) is 0 Å². The zero-order valence-electron chi connectivity index (χ0n) is 12.2. The Bertz CT molecular complexity index is 676. The van der Waals surface area contributed by atoms with Crippen LogP contribution in [0.3, 0.4) is 0 Å². The molecule has 2 N–H and O–H groups in total. The van der Waals surface area contributed by atoms with Crippen LogP contribution in [0.4, 0.5) is 5.69 Å². The molecule has 3 nitrogen and oxygen atoms in total. The molecule has 1 unspecified atom stereocenters. The summed E-state index contributed by atoms with van der Waals surface area (Å²) in [5, 5.41) is 0. The summed E-state index contributed by atoms with van der Waals surface area (Å²) in [6.45, 7) is 4.92. The molecule has 4 heteroatoms. The Kier molecular flexibility index (Phi) is 3.49. The van der Waals surface area contributed by atoms with Gasteiger partial charge in [0.05, 0.1) is 12.1 Å². The summed E-state index contributed by atoms with van der Waals surface area (Å²) in [7, 11) is 0. The fourth-order valence-corrected chi connectivity index (χ4v) is 3.03. The maximum atomic E-state index is 6.16. The highest BCUT2D eigenvalue weighted by molar-refractivity contribution is 9.10. The Morgan fingerprint density at radius 3 is 2.33 bits per heavy atom. The number of aliphatic imine (C=N–C) groups is 1. The van der Waals surface area contributed by atoms with Gasteiger partial charge in [0.15, 0.2) is 5.96 Å². The van der Waals surface area contributed by atoms with Gasteiger partial charge in [0.2, 0.25) is 0 Å². The number of aryl methyl sites for hydroxylation is 1. The van der Waals surface area contributed by atoms with Crippen molar-refractivity contribution in [3.05, 3.63) is 64.1 Å². The van der Waals surface area contributed by atoms with Crippen molar-refractivity contribution in [3.63, 3.8) is 0 Å². The lowest BCUT2D eigenvalue weighted by Crippen LogP contribution is -2.47. The summed E-state index contributed by atoms with van der Waals surface area (Å²) in [5.41, 5.74) is 9.42. The first-order valence-electron chi connectivity index (χ1n) is 6.93. The van der Waals surface area contributed by atoms with Crippen LogP contribution in [-0.2, 0) is 5.54 Å². The van der Waals surface area contributed by atoms with E-state index in [0.717, 1.165) is 10.2 Å². The lowest BCUT2D eigenvalue weighted by molar-refractivity contribution is 0.533. The van der Waals surface area contributed by atoms with Gasteiger partial charge in [-0.15, -0.1) is 0 Å². The number of anilines is 1. The van der Waals surface area contributed by atoms with Crippen molar-refractivity contribution in [1.29, 1.82) is 0 Å². The largest absolute Gasteiger partial charge is 0.369 e. The van der Waals surface area contributed by atoms with Crippen molar-refractivity contribution in [3.8, 4) is 0 Å². The van der Waals surface area contributed by atoms with E-state index in [9.17, 15) is 0 Å². The van der Waals surface area contributed by atoms with Gasteiger partial charge in [-0.1, -0.05) is 45.8 Å². The predicted octanol–water partition coefficient (Wildman–Crippen LogP) is 3.81. The van der Waals surface area contributed by atoms with Crippen LogP contribution in [0.15, 0.2) is 58.0 Å². The molecule has 0 radical (unpaired) electrons. The minimum absolute atomic E-state index is 0.250. The summed E-state index contributed by atoms with van der Waals surface area (Å²) < 4.78 is 1.07. The third kappa shape index (κ3) is 2.44. The fourth-order valence-electron chi connectivity index (χ4n) is 2.77. The lowest BCUT2D eigenvalue weighted by Gasteiger charge is -2.36. The smallest absolute Gasteiger partial charge is 0.196 e. The molecule has 0 spiro atoms. The van der Waals surface area contributed by atoms with Gasteiger partial charge >= 0.3 is 0 Å². The summed E-state index contributed by atoms with van der Waals surface area (Å²) >= 11 is 3.48. The first-order chi connectivity index (χ1) is 10.0. The molecule has 0 fully saturated rings. The molecule has 2 aromatic carbocycles. The van der Waals surface area contributed by atoms with Crippen molar-refractivity contribution >= 4 is 27.6 Å². The number of nitrogens with zero attached hydrogens (tertiary/aromatic N) is 2. The van der Waals surface area contributed by atoms with Crippen molar-refractivity contribution in [2.24, 2.45) is 10.7 Å². The lowest BCUT2D eigenvalue weighted by atomic mass is 9.90. The summed E-state index contributed by atoms with van der Waals surface area (Å²) in [6, 6.07) is 16.8. The molecule has 0 bridgehead atoms. The van der Waals surface area contributed by atoms with Crippen molar-refractivity contribution in [2.45, 2.75) is 19.4 Å². The molecule has 0 saturated carbocycles. The summed E-state index contributed by atoms with van der Waals surface area (Å²) in [6.07, 6.45) is 0. The highest BCUT2D eigenvalue weighted by Crippen LogP contribution is 2.37. The standard InChI is InChI=1S/C17H18BrN3/c1-12-3-9-15(10-4-12)21-16(19)20-11-17(21,2)13-5-7-14(18)8-6-13/h3-10H,11H2,1-2H3,(H2,19,20). The first-order valence-corrected chi connectivity index (χ1v) is 7.73. The van der Waals surface area contributed by atoms with Crippen LogP contribution in [0.5, 0.6) is 0 Å². The Morgan fingerprint density at radius 2 is 1.71 bits per heavy atom. The molecule has 3 rings (SSSR count). The Morgan fingerprint density at radius 1 is 1.10 bits per heavy atom. The highest BCUT2D eigenvalue weighted by atomic mass is 79.9. The Hall–Kier alpha value is -1.81. The molecular formula is C17H18BrN3. The van der Waals surface area contributed by atoms with E-state index in [1.54, 1.807) is 0 Å². The van der Waals surface area contributed by atoms with Gasteiger partial charge in [0.25, 0.3) is 0 Å². The normalized spacial score (nSPS) is 21.5. The molecule has 1 aliphatic heterocycles. The van der Waals surface area contributed by atoms with Crippen LogP contribution in [0.2, 0.25) is 0 Å². The molecule has 0 aromatic heterocycles. The molecule has 1 heterocycles. The third-order valence-corrected chi connectivity index (χ3v) is 4.56. The van der Waals surface area contributed by atoms with Crippen LogP contribution in [0.25, 0.3) is 0 Å². The monoisotopic (exact) mass is 343 g/mol. The minimum Gasteiger partial charge on any atom is -0.369 e. The number of halogens is 1. The average Bonchev–Trinajstić information content (AvgIpc) is 2.78. The first kappa shape index (κ1) is 14.1. The molecule has 1 aliphatic rings. The van der Waals surface area contributed by atoms with E-state index in [0.29, 0.717) is 12.5 Å². The number of benzene rings is 2. The maximum absolute atomic E-state index is 6.16. The Balaban J connectivity index is 2.05. The third-order valence-electron chi connectivity index (χ3n) is 4.03. The number of hydrogen-bond acceptors (Lipinski definition) is 3. The van der Waals surface area contributed by atoms with Crippen molar-refractivity contribution < 1.29 is 0 Å². The van der Waals surface area contributed by atoms with E-state index in [1.807, 2.05) is 0 Å². The van der Waals surface area contributed by atoms with E-state index in [1.165, 1.54) is 11.1 Å². The van der Waals surface area contributed by atoms with Crippen LogP contribution in [0, 0.1) is 6.92 Å². The van der Waals surface area contributed by atoms with E-state index in [2.05, 4.69) is 88.2 Å². The van der Waals surface area contributed by atoms with Gasteiger partial charge in [0.1, 0.15) is 0 Å². The molecule has 1 atom stereocenters. The van der Waals surface area contributed by atoms with Crippen LogP contribution in [0.1, 0.15) is 18.1 Å². The zero-order valence-corrected chi connectivity index (χ0v) is 13.8. The Labute approximate surface area is 133 Å². The van der Waals surface area contributed by atoms with Crippen LogP contribution in [-0.4, -0.2) is 12.5 Å². The fraction of sp³-hybridized carbons (Fsp3) is 0.235. The topological polar surface area (TPSA) is 41.6 Å². The van der Waals surface area contributed by atoms with Crippen molar-refractivity contribution in [2.75, 3.05) is 11.4 Å². The summed E-state index contributed by atoms with van der Waals surface area (Å²) in [5.74, 6) is 0.573. The number of hydrogen-bond donors (Lipinski definition) is 1. The molecular weight excluding hydrogens is 326 g/mol. The number of rotatable bonds is 2. The van der Waals surface area contributed by atoms with Gasteiger partial charge in [-0.3, -0.25) is 4.99 Å². The maximum Gasteiger partial charge on any atom is 0.196 e. The number of guanidine groups is 1. The molecule has 0 amide bonds. The quantitative estimate of drug-likeness (QED) is 0.900. The molecule has 21 heavy (non-hydrogen) atoms. The second kappa shape index (κ2) is 5.19. The van der Waals surface area contributed by atoms with E-state index >= 15 is 0 Å². The van der Waals surface area contributed by atoms with Crippen molar-refractivity contribution in [1.82, 2.24) is 0 Å². The van der Waals surface area contributed by atoms with Gasteiger partial charge in [-0.2, -0.15) is 0 Å². The summed E-state index contributed by atoms with van der Waals surface area (Å²) in [4.78, 5) is 6.60. The average molecular weight is 344 g/mol. The molecule has 0 aliphatic carbocycles. The van der Waals surface area contributed by atoms with E-state index in [-0.39, 0.29) is 5.54 Å². The second-order valence-corrected chi connectivity index (χ2v) is 6.54. The van der Waals surface area contributed by atoms with Gasteiger partial charge in [0, 0.05) is 10.2 Å². The van der Waals surface area contributed by atoms with Gasteiger partial charge in [-0.05, 0) is 43.7 Å². The van der Waals surface area contributed by atoms with E-state index < -0.39 is 0 Å². The predicted molar refractivity (Wildman–Crippen MR) is 91.6 cm³/mol. The van der Waals surface area contributed by atoms with Crippen LogP contribution < -0.4 is 10.6 Å².